The Bertz CT molecular complexity index is 837. The van der Waals surface area contributed by atoms with Gasteiger partial charge in [0.2, 0.25) is 0 Å². The molecule has 1 aliphatic rings. The summed E-state index contributed by atoms with van der Waals surface area (Å²) in [7, 11) is 0. The van der Waals surface area contributed by atoms with Crippen LogP contribution in [0.15, 0.2) is 79.0 Å². The third-order valence-electron chi connectivity index (χ3n) is 4.98. The van der Waals surface area contributed by atoms with E-state index in [9.17, 15) is 4.79 Å². The Labute approximate surface area is 153 Å². The van der Waals surface area contributed by atoms with Gasteiger partial charge in [-0.25, -0.2) is 0 Å². The number of aromatic nitrogens is 1. The molecule has 0 fully saturated rings. The molecule has 0 N–H and O–H groups in total. The molecule has 1 aliphatic carbocycles. The number of carbonyl (C=O) groups excluding carboxylic acids is 1. The van der Waals surface area contributed by atoms with Crippen LogP contribution in [0.5, 0.6) is 0 Å². The van der Waals surface area contributed by atoms with Crippen molar-refractivity contribution in [2.45, 2.75) is 31.3 Å². The van der Waals surface area contributed by atoms with E-state index in [0.717, 1.165) is 24.1 Å². The van der Waals surface area contributed by atoms with E-state index in [-0.39, 0.29) is 11.9 Å². The fourth-order valence-electron chi connectivity index (χ4n) is 3.70. The quantitative estimate of drug-likeness (QED) is 0.623. The second-order valence-electron chi connectivity index (χ2n) is 6.67. The van der Waals surface area contributed by atoms with Crippen LogP contribution in [-0.4, -0.2) is 11.0 Å². The van der Waals surface area contributed by atoms with Gasteiger partial charge in [0.25, 0.3) is 0 Å². The molecule has 26 heavy (non-hydrogen) atoms. The molecule has 130 valence electrons. The number of hydrogen-bond donors (Lipinski definition) is 0. The molecule has 3 aromatic rings. The largest absolute Gasteiger partial charge is 0.451 e. The van der Waals surface area contributed by atoms with E-state index < -0.39 is 6.10 Å². The van der Waals surface area contributed by atoms with Gasteiger partial charge < -0.3 is 4.74 Å². The summed E-state index contributed by atoms with van der Waals surface area (Å²) in [4.78, 5) is 17.1. The predicted octanol–water partition coefficient (Wildman–Crippen LogP) is 4.83. The fourth-order valence-corrected chi connectivity index (χ4v) is 3.70. The number of carbonyl (C=O) groups is 1. The molecule has 3 nitrogen and oxygen atoms in total. The molecule has 0 saturated heterocycles. The van der Waals surface area contributed by atoms with Crippen molar-refractivity contribution in [1.82, 2.24) is 4.98 Å². The summed E-state index contributed by atoms with van der Waals surface area (Å²) < 4.78 is 5.90. The highest BCUT2D eigenvalue weighted by atomic mass is 16.5. The zero-order valence-corrected chi connectivity index (χ0v) is 14.5. The number of fused-ring (bicyclic) bond motifs is 1. The van der Waals surface area contributed by atoms with E-state index in [1.54, 1.807) is 6.20 Å². The van der Waals surface area contributed by atoms with Gasteiger partial charge in [-0.1, -0.05) is 60.7 Å². The maximum atomic E-state index is 12.7. The number of nitrogens with zero attached hydrogens (tertiary/aromatic N) is 1. The van der Waals surface area contributed by atoms with Crippen LogP contribution in [0.2, 0.25) is 0 Å². The van der Waals surface area contributed by atoms with E-state index in [0.29, 0.717) is 6.42 Å². The minimum Gasteiger partial charge on any atom is -0.451 e. The molecule has 1 heterocycles. The Morgan fingerprint density at radius 3 is 2.58 bits per heavy atom. The molecule has 4 rings (SSSR count). The van der Waals surface area contributed by atoms with Crippen molar-refractivity contribution in [1.29, 1.82) is 0 Å². The normalized spacial score (nSPS) is 16.7. The molecule has 3 heteroatoms. The first-order chi connectivity index (χ1) is 12.8. The summed E-state index contributed by atoms with van der Waals surface area (Å²) in [5.74, 6) is 0.0741. The summed E-state index contributed by atoms with van der Waals surface area (Å²) in [6.45, 7) is 0. The minimum absolute atomic E-state index is 0.175. The van der Waals surface area contributed by atoms with E-state index in [2.05, 4.69) is 23.2 Å². The van der Waals surface area contributed by atoms with Crippen LogP contribution in [0.25, 0.3) is 0 Å². The lowest BCUT2D eigenvalue weighted by Crippen LogP contribution is -2.15. The standard InChI is InChI=1S/C23H21NO2/c25-22(16-19-14-13-17-8-4-5-11-20(17)19)26-23(18-9-2-1-3-10-18)21-12-6-7-15-24-21/h1-12,15,19,23H,13-14,16H2. The first-order valence-electron chi connectivity index (χ1n) is 9.04. The van der Waals surface area contributed by atoms with Crippen molar-refractivity contribution in [2.75, 3.05) is 0 Å². The first-order valence-corrected chi connectivity index (χ1v) is 9.04. The molecular formula is C23H21NO2. The van der Waals surface area contributed by atoms with Crippen molar-refractivity contribution in [3.63, 3.8) is 0 Å². The molecule has 1 aromatic heterocycles. The Hall–Kier alpha value is -2.94. The molecule has 2 unspecified atom stereocenters. The molecule has 0 spiro atoms. The highest BCUT2D eigenvalue weighted by Crippen LogP contribution is 2.36. The number of ether oxygens (including phenoxy) is 1. The van der Waals surface area contributed by atoms with Gasteiger partial charge in [0.15, 0.2) is 6.10 Å². The Morgan fingerprint density at radius 2 is 1.77 bits per heavy atom. The number of aryl methyl sites for hydroxylation is 1. The van der Waals surface area contributed by atoms with Gasteiger partial charge in [-0.05, 0) is 47.6 Å². The zero-order valence-electron chi connectivity index (χ0n) is 14.5. The summed E-state index contributed by atoms with van der Waals surface area (Å²) in [6.07, 6.45) is 3.71. The highest BCUT2D eigenvalue weighted by Gasteiger charge is 2.27. The molecular weight excluding hydrogens is 322 g/mol. The molecule has 0 aliphatic heterocycles. The van der Waals surface area contributed by atoms with Gasteiger partial charge in [-0.2, -0.15) is 0 Å². The molecule has 0 saturated carbocycles. The van der Waals surface area contributed by atoms with E-state index >= 15 is 0 Å². The number of benzene rings is 2. The zero-order chi connectivity index (χ0) is 17.8. The third-order valence-corrected chi connectivity index (χ3v) is 4.98. The molecule has 2 aromatic carbocycles. The van der Waals surface area contributed by atoms with E-state index in [4.69, 9.17) is 4.74 Å². The van der Waals surface area contributed by atoms with Gasteiger partial charge in [0.1, 0.15) is 0 Å². The lowest BCUT2D eigenvalue weighted by Gasteiger charge is -2.19. The van der Waals surface area contributed by atoms with Gasteiger partial charge in [-0.15, -0.1) is 0 Å². The maximum Gasteiger partial charge on any atom is 0.307 e. The van der Waals surface area contributed by atoms with E-state index in [1.165, 1.54) is 11.1 Å². The average molecular weight is 343 g/mol. The van der Waals surface area contributed by atoms with Crippen LogP contribution < -0.4 is 0 Å². The Morgan fingerprint density at radius 1 is 1.00 bits per heavy atom. The number of pyridine rings is 1. The molecule has 0 bridgehead atoms. The van der Waals surface area contributed by atoms with Crippen molar-refractivity contribution in [2.24, 2.45) is 0 Å². The number of hydrogen-bond acceptors (Lipinski definition) is 3. The predicted molar refractivity (Wildman–Crippen MR) is 101 cm³/mol. The number of rotatable bonds is 5. The highest BCUT2D eigenvalue weighted by molar-refractivity contribution is 5.71. The van der Waals surface area contributed by atoms with Crippen LogP contribution in [0.3, 0.4) is 0 Å². The fraction of sp³-hybridized carbons (Fsp3) is 0.217. The summed E-state index contributed by atoms with van der Waals surface area (Å²) in [5.41, 5.74) is 4.33. The van der Waals surface area contributed by atoms with Gasteiger partial charge in [0, 0.05) is 6.20 Å². The Balaban J connectivity index is 1.52. The Kier molecular flexibility index (Phi) is 4.78. The monoisotopic (exact) mass is 343 g/mol. The summed E-state index contributed by atoms with van der Waals surface area (Å²) >= 11 is 0. The SMILES string of the molecule is O=C(CC1CCc2ccccc21)OC(c1ccccc1)c1ccccn1. The second-order valence-corrected chi connectivity index (χ2v) is 6.67. The van der Waals surface area contributed by atoms with Crippen molar-refractivity contribution in [3.05, 3.63) is 101 Å². The molecule has 0 amide bonds. The molecule has 0 radical (unpaired) electrons. The minimum atomic E-state index is -0.471. The topological polar surface area (TPSA) is 39.2 Å². The van der Waals surface area contributed by atoms with Gasteiger partial charge in [-0.3, -0.25) is 9.78 Å². The third kappa shape index (κ3) is 3.52. The first kappa shape index (κ1) is 16.5. The van der Waals surface area contributed by atoms with Crippen molar-refractivity contribution >= 4 is 5.97 Å². The van der Waals surface area contributed by atoms with E-state index in [1.807, 2.05) is 54.6 Å². The van der Waals surface area contributed by atoms with Gasteiger partial charge in [0.05, 0.1) is 12.1 Å². The van der Waals surface area contributed by atoms with Crippen LogP contribution in [0, 0.1) is 0 Å². The van der Waals surface area contributed by atoms with Crippen LogP contribution in [0.1, 0.15) is 47.2 Å². The van der Waals surface area contributed by atoms with Crippen LogP contribution in [-0.2, 0) is 16.0 Å². The smallest absolute Gasteiger partial charge is 0.307 e. The summed E-state index contributed by atoms with van der Waals surface area (Å²) in [5, 5.41) is 0. The van der Waals surface area contributed by atoms with Crippen molar-refractivity contribution < 1.29 is 9.53 Å². The lowest BCUT2D eigenvalue weighted by atomic mass is 9.98. The van der Waals surface area contributed by atoms with Gasteiger partial charge >= 0.3 is 5.97 Å². The maximum absolute atomic E-state index is 12.7. The number of esters is 1. The molecule has 2 atom stereocenters. The second kappa shape index (κ2) is 7.52. The van der Waals surface area contributed by atoms with Crippen LogP contribution >= 0.6 is 0 Å². The lowest BCUT2D eigenvalue weighted by molar-refractivity contribution is -0.148. The summed E-state index contributed by atoms with van der Waals surface area (Å²) in [6, 6.07) is 23.9. The average Bonchev–Trinajstić information content (AvgIpc) is 3.10. The van der Waals surface area contributed by atoms with Crippen molar-refractivity contribution in [3.8, 4) is 0 Å². The van der Waals surface area contributed by atoms with Crippen LogP contribution in [0.4, 0.5) is 0 Å².